The van der Waals surface area contributed by atoms with Crippen molar-refractivity contribution in [1.29, 1.82) is 0 Å². The van der Waals surface area contributed by atoms with Crippen molar-refractivity contribution in [2.24, 2.45) is 7.05 Å². The predicted octanol–water partition coefficient (Wildman–Crippen LogP) is 2.58. The molecular formula is C14H17N5O2S. The Labute approximate surface area is 132 Å². The van der Waals surface area contributed by atoms with E-state index in [2.05, 4.69) is 16.9 Å². The molecule has 0 spiro atoms. The van der Waals surface area contributed by atoms with Crippen molar-refractivity contribution in [2.45, 2.75) is 33.0 Å². The number of nitrogens with zero attached hydrogens (tertiary/aromatic N) is 5. The van der Waals surface area contributed by atoms with Crippen molar-refractivity contribution < 1.29 is 4.92 Å². The van der Waals surface area contributed by atoms with Crippen LogP contribution in [0.1, 0.15) is 18.3 Å². The van der Waals surface area contributed by atoms with Gasteiger partial charge in [-0.15, -0.1) is 0 Å². The van der Waals surface area contributed by atoms with E-state index in [1.165, 1.54) is 0 Å². The van der Waals surface area contributed by atoms with E-state index in [0.717, 1.165) is 23.5 Å². The molecule has 1 atom stereocenters. The van der Waals surface area contributed by atoms with Crippen LogP contribution in [0.4, 0.5) is 11.4 Å². The first kappa shape index (κ1) is 14.7. The molecule has 1 aromatic heterocycles. The van der Waals surface area contributed by atoms with Gasteiger partial charge < -0.3 is 9.47 Å². The number of non-ortho nitro benzene ring substituents is 1. The summed E-state index contributed by atoms with van der Waals surface area (Å²) >= 11 is 5.39. The SMILES string of the molecule is Cc1nn(CN2c3ccc([N+](=O)[O-])cc3CC2C)c(=S)n1C. The zero-order valence-corrected chi connectivity index (χ0v) is 13.5. The van der Waals surface area contributed by atoms with E-state index >= 15 is 0 Å². The smallest absolute Gasteiger partial charge is 0.269 e. The third-order valence-corrected chi connectivity index (χ3v) is 4.66. The maximum absolute atomic E-state index is 10.9. The molecule has 3 rings (SSSR count). The van der Waals surface area contributed by atoms with Gasteiger partial charge in [0, 0.05) is 30.9 Å². The third-order valence-electron chi connectivity index (χ3n) is 4.18. The van der Waals surface area contributed by atoms with Crippen LogP contribution < -0.4 is 4.90 Å². The van der Waals surface area contributed by atoms with Crippen molar-refractivity contribution >= 4 is 23.6 Å². The second-order valence-electron chi connectivity index (χ2n) is 5.62. The highest BCUT2D eigenvalue weighted by Gasteiger charge is 2.28. The number of hydrogen-bond donors (Lipinski definition) is 0. The van der Waals surface area contributed by atoms with Crippen LogP contribution in [-0.4, -0.2) is 25.3 Å². The zero-order valence-electron chi connectivity index (χ0n) is 12.7. The molecule has 0 N–H and O–H groups in total. The molecule has 8 heteroatoms. The van der Waals surface area contributed by atoms with Crippen LogP contribution in [0.25, 0.3) is 0 Å². The van der Waals surface area contributed by atoms with Crippen molar-refractivity contribution in [3.63, 3.8) is 0 Å². The summed E-state index contributed by atoms with van der Waals surface area (Å²) in [5.74, 6) is 0.862. The molecule has 1 aliphatic heterocycles. The molecule has 1 unspecified atom stereocenters. The molecule has 1 aromatic carbocycles. The highest BCUT2D eigenvalue weighted by atomic mass is 32.1. The topological polar surface area (TPSA) is 69.1 Å². The number of anilines is 1. The van der Waals surface area contributed by atoms with Crippen LogP contribution in [0.2, 0.25) is 0 Å². The Morgan fingerprint density at radius 2 is 2.23 bits per heavy atom. The summed E-state index contributed by atoms with van der Waals surface area (Å²) in [6.07, 6.45) is 0.788. The van der Waals surface area contributed by atoms with Gasteiger partial charge >= 0.3 is 0 Å². The first-order chi connectivity index (χ1) is 10.4. The molecule has 0 saturated heterocycles. The minimum absolute atomic E-state index is 0.137. The van der Waals surface area contributed by atoms with E-state index in [-0.39, 0.29) is 16.7 Å². The summed E-state index contributed by atoms with van der Waals surface area (Å²) in [5, 5.41) is 15.4. The summed E-state index contributed by atoms with van der Waals surface area (Å²) in [7, 11) is 1.89. The van der Waals surface area contributed by atoms with Gasteiger partial charge in [0.25, 0.3) is 5.69 Å². The first-order valence-corrected chi connectivity index (χ1v) is 7.43. The number of fused-ring (bicyclic) bond motifs is 1. The quantitative estimate of drug-likeness (QED) is 0.494. The van der Waals surface area contributed by atoms with Gasteiger partial charge in [-0.2, -0.15) is 5.10 Å². The number of nitro groups is 1. The fourth-order valence-corrected chi connectivity index (χ4v) is 3.07. The standard InChI is InChI=1S/C14H17N5O2S/c1-9-6-11-7-12(19(20)21)4-5-13(11)17(9)8-18-14(22)16(3)10(2)15-18/h4-5,7,9H,6,8H2,1-3H3. The molecule has 2 aromatic rings. The molecule has 1 aliphatic rings. The summed E-state index contributed by atoms with van der Waals surface area (Å²) in [6.45, 7) is 4.56. The van der Waals surface area contributed by atoms with E-state index in [0.29, 0.717) is 11.4 Å². The maximum atomic E-state index is 10.9. The zero-order chi connectivity index (χ0) is 16.0. The van der Waals surface area contributed by atoms with Crippen molar-refractivity contribution in [3.05, 3.63) is 44.5 Å². The number of benzene rings is 1. The van der Waals surface area contributed by atoms with Crippen LogP contribution in [0, 0.1) is 21.8 Å². The summed E-state index contributed by atoms with van der Waals surface area (Å²) in [5.41, 5.74) is 2.15. The molecular weight excluding hydrogens is 302 g/mol. The Morgan fingerprint density at radius 1 is 1.50 bits per heavy atom. The van der Waals surface area contributed by atoms with E-state index < -0.39 is 0 Å². The van der Waals surface area contributed by atoms with Gasteiger partial charge in [-0.3, -0.25) is 10.1 Å². The third kappa shape index (κ3) is 2.29. The highest BCUT2D eigenvalue weighted by molar-refractivity contribution is 7.71. The lowest BCUT2D eigenvalue weighted by Crippen LogP contribution is -2.32. The Hall–Kier alpha value is -2.22. The number of nitro benzene ring substituents is 1. The fraction of sp³-hybridized carbons (Fsp3) is 0.429. The average Bonchev–Trinajstić information content (AvgIpc) is 2.91. The molecule has 116 valence electrons. The molecule has 0 aliphatic carbocycles. The van der Waals surface area contributed by atoms with Crippen molar-refractivity contribution in [1.82, 2.24) is 14.3 Å². The molecule has 0 amide bonds. The summed E-state index contributed by atoms with van der Waals surface area (Å²) in [4.78, 5) is 12.7. The molecule has 0 radical (unpaired) electrons. The van der Waals surface area contributed by atoms with Gasteiger partial charge in [0.05, 0.1) is 4.92 Å². The Kier molecular flexibility index (Phi) is 3.48. The number of rotatable bonds is 3. The lowest BCUT2D eigenvalue weighted by Gasteiger charge is -2.24. The van der Waals surface area contributed by atoms with Crippen molar-refractivity contribution in [2.75, 3.05) is 4.90 Å². The monoisotopic (exact) mass is 319 g/mol. The Bertz CT molecular complexity index is 810. The molecule has 7 nitrogen and oxygen atoms in total. The van der Waals surface area contributed by atoms with Crippen molar-refractivity contribution in [3.8, 4) is 0 Å². The van der Waals surface area contributed by atoms with Gasteiger partial charge in [-0.1, -0.05) is 0 Å². The predicted molar refractivity (Wildman–Crippen MR) is 85.5 cm³/mol. The average molecular weight is 319 g/mol. The molecule has 0 fully saturated rings. The summed E-state index contributed by atoms with van der Waals surface area (Å²) < 4.78 is 4.32. The molecule has 0 bridgehead atoms. The largest absolute Gasteiger partial charge is 0.349 e. The second kappa shape index (κ2) is 5.20. The second-order valence-corrected chi connectivity index (χ2v) is 5.99. The highest BCUT2D eigenvalue weighted by Crippen LogP contribution is 2.34. The van der Waals surface area contributed by atoms with E-state index in [1.54, 1.807) is 16.8 Å². The van der Waals surface area contributed by atoms with Crippen LogP contribution in [-0.2, 0) is 20.1 Å². The van der Waals surface area contributed by atoms with Crippen LogP contribution >= 0.6 is 12.2 Å². The number of aromatic nitrogens is 3. The lowest BCUT2D eigenvalue weighted by atomic mass is 10.1. The van der Waals surface area contributed by atoms with Gasteiger partial charge in [-0.25, -0.2) is 4.68 Å². The van der Waals surface area contributed by atoms with Gasteiger partial charge in [0.15, 0.2) is 4.77 Å². The van der Waals surface area contributed by atoms with Gasteiger partial charge in [0.1, 0.15) is 12.5 Å². The number of aryl methyl sites for hydroxylation is 1. The fourth-order valence-electron chi connectivity index (χ4n) is 2.84. The summed E-state index contributed by atoms with van der Waals surface area (Å²) in [6, 6.07) is 5.28. The molecule has 22 heavy (non-hydrogen) atoms. The van der Waals surface area contributed by atoms with Crippen LogP contribution in [0.15, 0.2) is 18.2 Å². The van der Waals surface area contributed by atoms with Crippen LogP contribution in [0.5, 0.6) is 0 Å². The molecule has 0 saturated carbocycles. The minimum Gasteiger partial charge on any atom is -0.349 e. The van der Waals surface area contributed by atoms with Gasteiger partial charge in [-0.05, 0) is 44.1 Å². The Morgan fingerprint density at radius 3 is 2.82 bits per heavy atom. The van der Waals surface area contributed by atoms with E-state index in [1.807, 2.05) is 24.6 Å². The number of hydrogen-bond acceptors (Lipinski definition) is 5. The minimum atomic E-state index is -0.355. The van der Waals surface area contributed by atoms with Crippen LogP contribution in [0.3, 0.4) is 0 Å². The van der Waals surface area contributed by atoms with Gasteiger partial charge in [0.2, 0.25) is 0 Å². The Balaban J connectivity index is 1.95. The first-order valence-electron chi connectivity index (χ1n) is 7.03. The van der Waals surface area contributed by atoms with E-state index in [9.17, 15) is 10.1 Å². The molecule has 2 heterocycles. The normalized spacial score (nSPS) is 16.9. The lowest BCUT2D eigenvalue weighted by molar-refractivity contribution is -0.384. The van der Waals surface area contributed by atoms with E-state index in [4.69, 9.17) is 12.2 Å². The maximum Gasteiger partial charge on any atom is 0.269 e.